The first-order valence-electron chi connectivity index (χ1n) is 9.03. The lowest BCUT2D eigenvalue weighted by Gasteiger charge is -2.18. The van der Waals surface area contributed by atoms with Crippen molar-refractivity contribution in [2.75, 3.05) is 11.0 Å². The van der Waals surface area contributed by atoms with E-state index in [1.54, 1.807) is 54.6 Å². The molecular weight excluding hydrogens is 426 g/mol. The van der Waals surface area contributed by atoms with Gasteiger partial charge in [0.05, 0.1) is 28.8 Å². The first-order valence-corrected chi connectivity index (χ1v) is 12.4. The molecule has 1 N–H and O–H groups in total. The molecule has 0 saturated heterocycles. The molecule has 0 spiro atoms. The molecule has 1 atom stereocenters. The molecule has 30 heavy (non-hydrogen) atoms. The normalized spacial score (nSPS) is 17.0. The Kier molecular flexibility index (Phi) is 5.12. The number of sulfonamides is 2. The third-order valence-electron chi connectivity index (χ3n) is 4.62. The molecule has 0 saturated carbocycles. The van der Waals surface area contributed by atoms with Gasteiger partial charge in [0.2, 0.25) is 10.0 Å². The van der Waals surface area contributed by atoms with Crippen molar-refractivity contribution >= 4 is 31.4 Å². The van der Waals surface area contributed by atoms with Crippen molar-refractivity contribution in [1.29, 1.82) is 0 Å². The van der Waals surface area contributed by atoms with Gasteiger partial charge in [-0.05, 0) is 30.3 Å². The van der Waals surface area contributed by atoms with Crippen molar-refractivity contribution in [2.24, 2.45) is 5.10 Å². The van der Waals surface area contributed by atoms with E-state index in [0.29, 0.717) is 22.7 Å². The highest BCUT2D eigenvalue weighted by atomic mass is 32.2. The zero-order valence-electron chi connectivity index (χ0n) is 16.0. The van der Waals surface area contributed by atoms with E-state index in [1.165, 1.54) is 18.4 Å². The number of nitrogens with one attached hydrogen (secondary N) is 1. The zero-order valence-corrected chi connectivity index (χ0v) is 17.6. The second kappa shape index (κ2) is 7.62. The molecule has 1 aliphatic rings. The molecule has 2 aromatic carbocycles. The minimum Gasteiger partial charge on any atom is -0.467 e. The number of rotatable bonds is 6. The van der Waals surface area contributed by atoms with Gasteiger partial charge in [-0.25, -0.2) is 16.8 Å². The van der Waals surface area contributed by atoms with Gasteiger partial charge in [-0.2, -0.15) is 9.52 Å². The summed E-state index contributed by atoms with van der Waals surface area (Å²) in [6.07, 6.45) is 2.78. The van der Waals surface area contributed by atoms with Crippen LogP contribution in [-0.4, -0.2) is 33.2 Å². The summed E-state index contributed by atoms with van der Waals surface area (Å²) in [5, 5.41) is 4.30. The van der Waals surface area contributed by atoms with Gasteiger partial charge in [0.15, 0.2) is 0 Å². The Morgan fingerprint density at radius 3 is 2.33 bits per heavy atom. The lowest BCUT2D eigenvalue weighted by Crippen LogP contribution is -2.25. The second-order valence-corrected chi connectivity index (χ2v) is 10.3. The molecular formula is C20H19N3O5S2. The Labute approximate surface area is 174 Å². The van der Waals surface area contributed by atoms with Crippen LogP contribution in [0.1, 0.15) is 23.8 Å². The summed E-state index contributed by atoms with van der Waals surface area (Å²) in [6.45, 7) is 0. The Bertz CT molecular complexity index is 1290. The third-order valence-corrected chi connectivity index (χ3v) is 7.02. The first kappa shape index (κ1) is 20.2. The molecule has 0 amide bonds. The number of para-hydroxylation sites is 1. The van der Waals surface area contributed by atoms with Crippen molar-refractivity contribution < 1.29 is 21.3 Å². The minimum atomic E-state index is -3.82. The van der Waals surface area contributed by atoms with E-state index in [-0.39, 0.29) is 11.3 Å². The van der Waals surface area contributed by atoms with E-state index in [2.05, 4.69) is 9.82 Å². The van der Waals surface area contributed by atoms with Crippen molar-refractivity contribution in [3.63, 3.8) is 0 Å². The second-order valence-electron chi connectivity index (χ2n) is 6.78. The molecule has 0 bridgehead atoms. The maximum Gasteiger partial charge on any atom is 0.261 e. The summed E-state index contributed by atoms with van der Waals surface area (Å²) in [5.74, 6) is 0.460. The van der Waals surface area contributed by atoms with Gasteiger partial charge in [-0.3, -0.25) is 4.72 Å². The van der Waals surface area contributed by atoms with Crippen molar-refractivity contribution in [2.45, 2.75) is 17.4 Å². The molecule has 0 fully saturated rings. The first-order chi connectivity index (χ1) is 14.3. The number of anilines is 1. The van der Waals surface area contributed by atoms with E-state index in [1.807, 2.05) is 0 Å². The van der Waals surface area contributed by atoms with Crippen LogP contribution in [0.5, 0.6) is 0 Å². The number of benzene rings is 2. The molecule has 1 aromatic heterocycles. The number of nitrogens with zero attached hydrogens (tertiary/aromatic N) is 2. The standard InChI is InChI=1S/C20H19N3O5S2/c1-29(24,25)23-19(20-12-7-13-28-20)14-18(21-23)16-10-5-6-11-17(16)22-30(26,27)15-8-3-2-4-9-15/h2-13,19,22H,14H2,1H3. The van der Waals surface area contributed by atoms with Crippen molar-refractivity contribution in [3.8, 4) is 0 Å². The minimum absolute atomic E-state index is 0.124. The van der Waals surface area contributed by atoms with Crippen LogP contribution < -0.4 is 4.72 Å². The topological polar surface area (TPSA) is 109 Å². The average molecular weight is 446 g/mol. The van der Waals surface area contributed by atoms with E-state index in [0.717, 1.165) is 10.7 Å². The molecule has 8 nitrogen and oxygen atoms in total. The number of furan rings is 1. The summed E-state index contributed by atoms with van der Waals surface area (Å²) in [6, 6.07) is 17.5. The van der Waals surface area contributed by atoms with Crippen LogP contribution in [0.2, 0.25) is 0 Å². The molecule has 1 unspecified atom stereocenters. The third kappa shape index (κ3) is 3.96. The molecule has 4 rings (SSSR count). The molecule has 156 valence electrons. The zero-order chi connectivity index (χ0) is 21.4. The molecule has 0 aliphatic carbocycles. The Morgan fingerprint density at radius 1 is 0.967 bits per heavy atom. The molecule has 2 heterocycles. The Morgan fingerprint density at radius 2 is 1.67 bits per heavy atom. The van der Waals surface area contributed by atoms with Crippen LogP contribution in [0.25, 0.3) is 0 Å². The fourth-order valence-corrected chi connectivity index (χ4v) is 5.27. The van der Waals surface area contributed by atoms with Gasteiger partial charge in [-0.1, -0.05) is 36.4 Å². The SMILES string of the molecule is CS(=O)(=O)N1N=C(c2ccccc2NS(=O)(=O)c2ccccc2)CC1c1ccco1. The van der Waals surface area contributed by atoms with Crippen LogP contribution in [0.3, 0.4) is 0 Å². The van der Waals surface area contributed by atoms with Crippen LogP contribution >= 0.6 is 0 Å². The fraction of sp³-hybridized carbons (Fsp3) is 0.150. The summed E-state index contributed by atoms with van der Waals surface area (Å²) in [7, 11) is -7.48. The monoisotopic (exact) mass is 445 g/mol. The van der Waals surface area contributed by atoms with Gasteiger partial charge in [0.1, 0.15) is 11.8 Å². The van der Waals surface area contributed by atoms with Gasteiger partial charge in [0, 0.05) is 12.0 Å². The van der Waals surface area contributed by atoms with Crippen LogP contribution in [0.4, 0.5) is 5.69 Å². The number of hydrogen-bond acceptors (Lipinski definition) is 6. The van der Waals surface area contributed by atoms with Gasteiger partial charge >= 0.3 is 0 Å². The molecule has 1 aliphatic heterocycles. The molecule has 0 radical (unpaired) electrons. The summed E-state index contributed by atoms with van der Waals surface area (Å²) in [4.78, 5) is 0.124. The summed E-state index contributed by atoms with van der Waals surface area (Å²) in [5.41, 5.74) is 1.25. The number of hydrazone groups is 1. The molecule has 10 heteroatoms. The van der Waals surface area contributed by atoms with Crippen LogP contribution in [0.15, 0.2) is 87.4 Å². The summed E-state index contributed by atoms with van der Waals surface area (Å²) < 4.78 is 59.1. The largest absolute Gasteiger partial charge is 0.467 e. The highest BCUT2D eigenvalue weighted by Crippen LogP contribution is 2.36. The average Bonchev–Trinajstić information content (AvgIpc) is 3.38. The predicted molar refractivity (Wildman–Crippen MR) is 113 cm³/mol. The maximum atomic E-state index is 12.8. The number of hydrogen-bond donors (Lipinski definition) is 1. The smallest absolute Gasteiger partial charge is 0.261 e. The van der Waals surface area contributed by atoms with E-state index in [9.17, 15) is 16.8 Å². The van der Waals surface area contributed by atoms with Gasteiger partial charge < -0.3 is 4.42 Å². The van der Waals surface area contributed by atoms with E-state index >= 15 is 0 Å². The van der Waals surface area contributed by atoms with Crippen molar-refractivity contribution in [3.05, 3.63) is 84.3 Å². The fourth-order valence-electron chi connectivity index (χ4n) is 3.28. The van der Waals surface area contributed by atoms with E-state index < -0.39 is 26.1 Å². The van der Waals surface area contributed by atoms with Gasteiger partial charge in [0.25, 0.3) is 10.0 Å². The molecule has 3 aromatic rings. The summed E-state index contributed by atoms with van der Waals surface area (Å²) >= 11 is 0. The van der Waals surface area contributed by atoms with Crippen molar-refractivity contribution in [1.82, 2.24) is 4.41 Å². The van der Waals surface area contributed by atoms with Gasteiger partial charge in [-0.15, -0.1) is 0 Å². The lowest BCUT2D eigenvalue weighted by molar-refractivity contribution is 0.322. The highest BCUT2D eigenvalue weighted by molar-refractivity contribution is 7.92. The van der Waals surface area contributed by atoms with E-state index in [4.69, 9.17) is 4.42 Å². The Hall–Kier alpha value is -3.11. The highest BCUT2D eigenvalue weighted by Gasteiger charge is 2.37. The van der Waals surface area contributed by atoms with Crippen LogP contribution in [-0.2, 0) is 20.0 Å². The maximum absolute atomic E-state index is 12.8. The predicted octanol–water partition coefficient (Wildman–Crippen LogP) is 3.19. The quantitative estimate of drug-likeness (QED) is 0.627. The van der Waals surface area contributed by atoms with Crippen LogP contribution in [0, 0.1) is 0 Å². The lowest BCUT2D eigenvalue weighted by atomic mass is 10.0. The Balaban J connectivity index is 1.72.